The van der Waals surface area contributed by atoms with Crippen LogP contribution in [0.1, 0.15) is 96.5 Å². The van der Waals surface area contributed by atoms with Gasteiger partial charge in [-0.15, -0.1) is 0 Å². The molecule has 0 bridgehead atoms. The molecule has 1 aliphatic heterocycles. The molecule has 0 spiro atoms. The van der Waals surface area contributed by atoms with Crippen LogP contribution in [-0.4, -0.2) is 67.4 Å². The topological polar surface area (TPSA) is 91.4 Å². The van der Waals surface area contributed by atoms with Crippen molar-refractivity contribution in [3.05, 3.63) is 48.0 Å². The number of sulfonamides is 1. The van der Waals surface area contributed by atoms with Gasteiger partial charge in [-0.1, -0.05) is 76.9 Å². The molecule has 9 nitrogen and oxygen atoms in total. The lowest BCUT2D eigenvalue weighted by molar-refractivity contribution is 0.304. The molecule has 1 heterocycles. The highest BCUT2D eigenvalue weighted by molar-refractivity contribution is 8.28. The van der Waals surface area contributed by atoms with Gasteiger partial charge in [0, 0.05) is 50.4 Å². The second-order valence-electron chi connectivity index (χ2n) is 12.3. The summed E-state index contributed by atoms with van der Waals surface area (Å²) in [4.78, 5) is 4.23. The molecule has 1 fully saturated rings. The molecule has 48 heavy (non-hydrogen) atoms. The zero-order valence-electron chi connectivity index (χ0n) is 29.3. The first-order chi connectivity index (χ1) is 23.1. The zero-order valence-corrected chi connectivity index (χ0v) is 32.6. The van der Waals surface area contributed by atoms with Crippen molar-refractivity contribution in [2.75, 3.05) is 54.2 Å². The molecule has 0 saturated carbocycles. The van der Waals surface area contributed by atoms with E-state index < -0.39 is 21.3 Å². The predicted octanol–water partition coefficient (Wildman–Crippen LogP) is 8.16. The van der Waals surface area contributed by atoms with E-state index in [0.29, 0.717) is 36.3 Å². The van der Waals surface area contributed by atoms with Crippen molar-refractivity contribution in [2.24, 2.45) is 0 Å². The molecule has 1 atom stereocenters. The molecule has 0 radical (unpaired) electrons. The molecule has 0 amide bonds. The molecule has 1 N–H and O–H groups in total. The van der Waals surface area contributed by atoms with E-state index in [9.17, 15) is 12.6 Å². The zero-order chi connectivity index (χ0) is 34.8. The van der Waals surface area contributed by atoms with E-state index in [2.05, 4.69) is 21.4 Å². The Labute approximate surface area is 302 Å². The highest BCUT2D eigenvalue weighted by Crippen LogP contribution is 2.34. The molecular formula is C35H56N4O5S4. The molecule has 1 aliphatic rings. The minimum atomic E-state index is -3.26. The number of likely N-dealkylation sites (N-methyl/N-ethyl adjacent to an activating group) is 1. The number of nitrogens with one attached hydrogen (secondary N) is 1. The van der Waals surface area contributed by atoms with Gasteiger partial charge < -0.3 is 18.7 Å². The summed E-state index contributed by atoms with van der Waals surface area (Å²) in [5, 5.41) is 0. The number of hydrogen-bond donors (Lipinski definition) is 1. The predicted molar refractivity (Wildman–Crippen MR) is 208 cm³/mol. The first-order valence-corrected chi connectivity index (χ1v) is 21.6. The van der Waals surface area contributed by atoms with Crippen molar-refractivity contribution < 1.29 is 21.5 Å². The smallest absolute Gasteiger partial charge is 0.329 e. The Bertz CT molecular complexity index is 1370. The van der Waals surface area contributed by atoms with Crippen molar-refractivity contribution in [1.82, 2.24) is 9.62 Å². The van der Waals surface area contributed by atoms with Crippen LogP contribution in [0.2, 0.25) is 0 Å². The fourth-order valence-electron chi connectivity index (χ4n) is 5.55. The van der Waals surface area contributed by atoms with Gasteiger partial charge in [0.05, 0.1) is 18.6 Å². The minimum absolute atomic E-state index is 0.306. The van der Waals surface area contributed by atoms with Crippen LogP contribution in [0.5, 0.6) is 11.5 Å². The lowest BCUT2D eigenvalue weighted by Crippen LogP contribution is -2.34. The van der Waals surface area contributed by atoms with Crippen LogP contribution >= 0.6 is 24.2 Å². The van der Waals surface area contributed by atoms with Gasteiger partial charge in [0.1, 0.15) is 11.5 Å². The van der Waals surface area contributed by atoms with E-state index in [1.165, 1.54) is 69.7 Å². The van der Waals surface area contributed by atoms with E-state index >= 15 is 0 Å². The van der Waals surface area contributed by atoms with Gasteiger partial charge in [-0.25, -0.2) is 13.1 Å². The van der Waals surface area contributed by atoms with Crippen LogP contribution in [0.4, 0.5) is 11.4 Å². The average Bonchev–Trinajstić information content (AvgIpc) is 3.60. The van der Waals surface area contributed by atoms with Crippen LogP contribution in [0.25, 0.3) is 0 Å². The van der Waals surface area contributed by atoms with E-state index in [1.54, 1.807) is 15.8 Å². The van der Waals surface area contributed by atoms with Gasteiger partial charge in [0.25, 0.3) is 0 Å². The number of unbranched alkanes of at least 4 members (excludes halogenated alkanes) is 9. The number of hydrogen-bond acceptors (Lipinski definition) is 8. The maximum atomic E-state index is 13.8. The number of benzene rings is 2. The largest absolute Gasteiger partial charge is 0.494 e. The van der Waals surface area contributed by atoms with E-state index in [1.807, 2.05) is 44.2 Å². The van der Waals surface area contributed by atoms with E-state index in [0.717, 1.165) is 61.3 Å². The molecule has 270 valence electrons. The summed E-state index contributed by atoms with van der Waals surface area (Å²) >= 11 is 5.13. The molecular weight excluding hydrogens is 685 g/mol. The number of thiocarbonyl (C=S) groups is 1. The Morgan fingerprint density at radius 2 is 1.54 bits per heavy atom. The summed E-state index contributed by atoms with van der Waals surface area (Å²) in [6.07, 6.45) is 16.2. The molecule has 13 heteroatoms. The Morgan fingerprint density at radius 1 is 0.938 bits per heavy atom. The van der Waals surface area contributed by atoms with Gasteiger partial charge in [0.15, 0.2) is 4.32 Å². The Balaban J connectivity index is 1.58. The average molecular weight is 741 g/mol. The fraction of sp³-hybridized carbons (Fsp3) is 0.629. The number of anilines is 2. The molecule has 0 aliphatic carbocycles. The van der Waals surface area contributed by atoms with Crippen molar-refractivity contribution in [2.45, 2.75) is 97.8 Å². The maximum absolute atomic E-state index is 13.8. The lowest BCUT2D eigenvalue weighted by atomic mass is 10.1. The number of rotatable bonds is 23. The Kier molecular flexibility index (Phi) is 18.4. The van der Waals surface area contributed by atoms with Crippen LogP contribution < -0.4 is 22.3 Å². The molecule has 1 unspecified atom stereocenters. The van der Waals surface area contributed by atoms with Crippen LogP contribution in [-0.2, 0) is 21.3 Å². The third-order valence-corrected chi connectivity index (χ3v) is 11.7. The van der Waals surface area contributed by atoms with Crippen LogP contribution in [0, 0.1) is 6.92 Å². The summed E-state index contributed by atoms with van der Waals surface area (Å²) < 4.78 is 53.6. The van der Waals surface area contributed by atoms with Crippen LogP contribution in [0.3, 0.4) is 0 Å². The van der Waals surface area contributed by atoms with Gasteiger partial charge in [-0.3, -0.25) is 0 Å². The molecule has 0 aromatic heterocycles. The maximum Gasteiger partial charge on any atom is 0.329 e. The summed E-state index contributed by atoms with van der Waals surface area (Å²) in [5.74, 6) is 1.24. The summed E-state index contributed by atoms with van der Waals surface area (Å²) in [5.41, 5.74) is 2.57. The quantitative estimate of drug-likeness (QED) is 0.0689. The van der Waals surface area contributed by atoms with Gasteiger partial charge >= 0.3 is 11.3 Å². The summed E-state index contributed by atoms with van der Waals surface area (Å²) in [7, 11) is -3.26. The van der Waals surface area contributed by atoms with Crippen LogP contribution in [0.15, 0.2) is 42.5 Å². The molecule has 2 aromatic rings. The fourth-order valence-corrected chi connectivity index (χ4v) is 8.56. The van der Waals surface area contributed by atoms with Crippen molar-refractivity contribution in [1.29, 1.82) is 0 Å². The highest BCUT2D eigenvalue weighted by Gasteiger charge is 2.26. The number of nitrogens with zero attached hydrogens (tertiary/aromatic N) is 3. The monoisotopic (exact) mass is 740 g/mol. The number of likely N-dealkylation sites (tertiary alicyclic amines) is 1. The standard InChI is InChI=1S/C35H56N4O5S4/c1-5-7-8-9-10-11-12-13-14-17-28-43-32-19-21-33(22-20-32)44-47(40)39(46-35(45)38-25-15-16-26-38)34-23-18-31(29-30(34)3)37(6-2)27-24-36-48(4,41)42/h18-23,29,36H,5-17,24-28H2,1-4H3. The summed E-state index contributed by atoms with van der Waals surface area (Å²) in [6.45, 7) is 10.2. The third kappa shape index (κ3) is 14.8. The van der Waals surface area contributed by atoms with Crippen molar-refractivity contribution in [3.8, 4) is 11.5 Å². The Morgan fingerprint density at radius 3 is 2.12 bits per heavy atom. The third-order valence-electron chi connectivity index (χ3n) is 8.29. The van der Waals surface area contributed by atoms with E-state index in [-0.39, 0.29) is 0 Å². The summed E-state index contributed by atoms with van der Waals surface area (Å²) in [6, 6.07) is 13.2. The normalized spacial score (nSPS) is 13.8. The second kappa shape index (κ2) is 21.9. The SMILES string of the molecule is CCCCCCCCCCCCOc1ccc(OS(=O)N(SC(=S)N2CCCC2)c2ccc(N(CC)CCNS(C)(=O)=O)cc2C)cc1. The van der Waals surface area contributed by atoms with Gasteiger partial charge in [-0.05, 0) is 81.1 Å². The first-order valence-electron chi connectivity index (χ1n) is 17.5. The Hall–Kier alpha value is -2.06. The molecule has 2 aromatic carbocycles. The number of ether oxygens (including phenoxy) is 1. The van der Waals surface area contributed by atoms with Crippen molar-refractivity contribution >= 4 is 61.2 Å². The molecule has 1 saturated heterocycles. The van der Waals surface area contributed by atoms with Gasteiger partial charge in [0.2, 0.25) is 10.0 Å². The van der Waals surface area contributed by atoms with Crippen molar-refractivity contribution in [3.63, 3.8) is 0 Å². The minimum Gasteiger partial charge on any atom is -0.494 e. The molecule has 3 rings (SSSR count). The van der Waals surface area contributed by atoms with Gasteiger partial charge in [-0.2, -0.15) is 7.92 Å². The number of aryl methyl sites for hydroxylation is 1. The second-order valence-corrected chi connectivity index (χ2v) is 16.9. The van der Waals surface area contributed by atoms with E-state index in [4.69, 9.17) is 21.1 Å². The first kappa shape index (κ1) is 40.4. The lowest BCUT2D eigenvalue weighted by Gasteiger charge is -2.28. The highest BCUT2D eigenvalue weighted by atomic mass is 32.3.